The molecule has 1 atom stereocenters. The summed E-state index contributed by atoms with van der Waals surface area (Å²) in [6, 6.07) is 17.7. The zero-order valence-corrected chi connectivity index (χ0v) is 13.8. The second-order valence-electron chi connectivity index (χ2n) is 5.11. The molecule has 0 aliphatic carbocycles. The summed E-state index contributed by atoms with van der Waals surface area (Å²) in [6.07, 6.45) is 0. The highest BCUT2D eigenvalue weighted by atomic mass is 79.9. The minimum atomic E-state index is -0.0507. The number of rotatable bonds is 5. The minimum Gasteiger partial charge on any atom is -0.350 e. The number of hydrogen-bond donors (Lipinski definition) is 1. The summed E-state index contributed by atoms with van der Waals surface area (Å²) >= 11 is 3.37. The van der Waals surface area contributed by atoms with Gasteiger partial charge in [0.25, 0.3) is 5.91 Å². The van der Waals surface area contributed by atoms with Crippen LogP contribution >= 0.6 is 15.9 Å². The number of carbonyl (C=O) groups excluding carboxylic acids is 1. The van der Waals surface area contributed by atoms with Crippen LogP contribution in [0, 0.1) is 0 Å². The Balaban J connectivity index is 2.02. The molecule has 4 heteroatoms. The quantitative estimate of drug-likeness (QED) is 0.898. The van der Waals surface area contributed by atoms with Crippen molar-refractivity contribution in [1.29, 1.82) is 0 Å². The van der Waals surface area contributed by atoms with Crippen molar-refractivity contribution in [2.24, 2.45) is 0 Å². The van der Waals surface area contributed by atoms with Gasteiger partial charge in [-0.2, -0.15) is 0 Å². The van der Waals surface area contributed by atoms with Crippen molar-refractivity contribution in [3.05, 3.63) is 70.2 Å². The summed E-state index contributed by atoms with van der Waals surface area (Å²) < 4.78 is 0.967. The average Bonchev–Trinajstić information content (AvgIpc) is 2.48. The van der Waals surface area contributed by atoms with Crippen LogP contribution in [0.4, 0.5) is 0 Å². The van der Waals surface area contributed by atoms with Crippen molar-refractivity contribution >= 4 is 21.8 Å². The first-order valence-corrected chi connectivity index (χ1v) is 7.62. The number of amides is 1. The van der Waals surface area contributed by atoms with Gasteiger partial charge in [0.1, 0.15) is 0 Å². The van der Waals surface area contributed by atoms with Crippen molar-refractivity contribution in [3.8, 4) is 0 Å². The van der Waals surface area contributed by atoms with Gasteiger partial charge >= 0.3 is 0 Å². The lowest BCUT2D eigenvalue weighted by Crippen LogP contribution is -2.34. The molecule has 0 spiro atoms. The number of benzene rings is 2. The molecule has 0 saturated carbocycles. The van der Waals surface area contributed by atoms with Gasteiger partial charge in [0.2, 0.25) is 0 Å². The molecule has 0 aliphatic rings. The first kappa shape index (κ1) is 15.7. The summed E-state index contributed by atoms with van der Waals surface area (Å²) in [5.41, 5.74) is 1.86. The van der Waals surface area contributed by atoms with E-state index in [1.54, 1.807) is 0 Å². The van der Waals surface area contributed by atoms with Gasteiger partial charge in [-0.1, -0.05) is 46.3 Å². The van der Waals surface area contributed by atoms with E-state index in [1.807, 2.05) is 56.6 Å². The fourth-order valence-corrected chi connectivity index (χ4v) is 2.43. The fraction of sp³-hybridized carbons (Fsp3) is 0.235. The maximum Gasteiger partial charge on any atom is 0.251 e. The summed E-state index contributed by atoms with van der Waals surface area (Å²) in [5.74, 6) is -0.0507. The van der Waals surface area contributed by atoms with Gasteiger partial charge in [-0.25, -0.2) is 0 Å². The Morgan fingerprint density at radius 3 is 2.29 bits per heavy atom. The summed E-state index contributed by atoms with van der Waals surface area (Å²) in [7, 11) is 4.03. The molecule has 1 N–H and O–H groups in total. The minimum absolute atomic E-state index is 0.0507. The van der Waals surface area contributed by atoms with Crippen molar-refractivity contribution in [2.75, 3.05) is 20.6 Å². The van der Waals surface area contributed by atoms with E-state index in [4.69, 9.17) is 0 Å². The highest BCUT2D eigenvalue weighted by molar-refractivity contribution is 9.10. The maximum absolute atomic E-state index is 12.2. The molecule has 2 aromatic carbocycles. The van der Waals surface area contributed by atoms with Crippen molar-refractivity contribution in [1.82, 2.24) is 10.2 Å². The highest BCUT2D eigenvalue weighted by Gasteiger charge is 2.15. The lowest BCUT2D eigenvalue weighted by molar-refractivity contribution is 0.0942. The first-order valence-electron chi connectivity index (χ1n) is 6.83. The van der Waals surface area contributed by atoms with Gasteiger partial charge in [-0.05, 0) is 43.9 Å². The summed E-state index contributed by atoms with van der Waals surface area (Å²) in [4.78, 5) is 14.3. The molecule has 0 heterocycles. The van der Waals surface area contributed by atoms with Crippen LogP contribution < -0.4 is 5.32 Å². The summed E-state index contributed by atoms with van der Waals surface area (Å²) in [5, 5.41) is 3.00. The van der Waals surface area contributed by atoms with E-state index < -0.39 is 0 Å². The largest absolute Gasteiger partial charge is 0.350 e. The Bertz CT molecular complexity index is 581. The SMILES string of the molecule is CN(C)C(CNC(=O)c1ccc(Br)cc1)c1ccccc1. The van der Waals surface area contributed by atoms with Crippen molar-refractivity contribution in [2.45, 2.75) is 6.04 Å². The van der Waals surface area contributed by atoms with Crippen molar-refractivity contribution < 1.29 is 4.79 Å². The van der Waals surface area contributed by atoms with E-state index in [-0.39, 0.29) is 11.9 Å². The third-order valence-electron chi connectivity index (χ3n) is 3.37. The average molecular weight is 347 g/mol. The van der Waals surface area contributed by atoms with Crippen LogP contribution in [0.1, 0.15) is 22.0 Å². The van der Waals surface area contributed by atoms with Crippen LogP contribution in [0.5, 0.6) is 0 Å². The molecule has 110 valence electrons. The third kappa shape index (κ3) is 4.41. The van der Waals surface area contributed by atoms with Crippen LogP contribution in [0.15, 0.2) is 59.1 Å². The van der Waals surface area contributed by atoms with Crippen LogP contribution in [0.3, 0.4) is 0 Å². The molecule has 0 fully saturated rings. The molecule has 2 rings (SSSR count). The number of likely N-dealkylation sites (N-methyl/N-ethyl adjacent to an activating group) is 1. The normalized spacial score (nSPS) is 12.2. The molecule has 3 nitrogen and oxygen atoms in total. The Kier molecular flexibility index (Phi) is 5.53. The van der Waals surface area contributed by atoms with Crippen LogP contribution in [-0.2, 0) is 0 Å². The van der Waals surface area contributed by atoms with Crippen LogP contribution in [0.25, 0.3) is 0 Å². The molecule has 0 aromatic heterocycles. The molecule has 21 heavy (non-hydrogen) atoms. The van der Waals surface area contributed by atoms with Crippen LogP contribution in [0.2, 0.25) is 0 Å². The second-order valence-corrected chi connectivity index (χ2v) is 6.02. The lowest BCUT2D eigenvalue weighted by Gasteiger charge is -2.25. The molecule has 0 radical (unpaired) electrons. The van der Waals surface area contributed by atoms with Gasteiger partial charge in [-0.15, -0.1) is 0 Å². The standard InChI is InChI=1S/C17H19BrN2O/c1-20(2)16(13-6-4-3-5-7-13)12-19-17(21)14-8-10-15(18)11-9-14/h3-11,16H,12H2,1-2H3,(H,19,21). The lowest BCUT2D eigenvalue weighted by atomic mass is 10.1. The Hall–Kier alpha value is -1.65. The van der Waals surface area contributed by atoms with E-state index in [0.29, 0.717) is 12.1 Å². The van der Waals surface area contributed by atoms with E-state index in [2.05, 4.69) is 38.3 Å². The number of halogens is 1. The highest BCUT2D eigenvalue weighted by Crippen LogP contribution is 2.17. The van der Waals surface area contributed by atoms with E-state index in [1.165, 1.54) is 5.56 Å². The number of nitrogens with one attached hydrogen (secondary N) is 1. The fourth-order valence-electron chi connectivity index (χ4n) is 2.17. The number of nitrogens with zero attached hydrogens (tertiary/aromatic N) is 1. The molecule has 1 unspecified atom stereocenters. The molecule has 1 amide bonds. The monoisotopic (exact) mass is 346 g/mol. The molecule has 0 bridgehead atoms. The Morgan fingerprint density at radius 2 is 1.71 bits per heavy atom. The molecule has 0 saturated heterocycles. The van der Waals surface area contributed by atoms with E-state index in [9.17, 15) is 4.79 Å². The number of carbonyl (C=O) groups is 1. The summed E-state index contributed by atoms with van der Waals surface area (Å²) in [6.45, 7) is 0.575. The van der Waals surface area contributed by atoms with Crippen LogP contribution in [-0.4, -0.2) is 31.4 Å². The van der Waals surface area contributed by atoms with Gasteiger partial charge in [-0.3, -0.25) is 4.79 Å². The van der Waals surface area contributed by atoms with Gasteiger partial charge in [0.05, 0.1) is 6.04 Å². The maximum atomic E-state index is 12.2. The topological polar surface area (TPSA) is 32.3 Å². The van der Waals surface area contributed by atoms with E-state index >= 15 is 0 Å². The zero-order valence-electron chi connectivity index (χ0n) is 12.2. The van der Waals surface area contributed by atoms with Gasteiger partial charge in [0, 0.05) is 16.6 Å². The predicted octanol–water partition coefficient (Wildman–Crippen LogP) is 3.48. The van der Waals surface area contributed by atoms with Crippen molar-refractivity contribution in [3.63, 3.8) is 0 Å². The molecule has 2 aromatic rings. The van der Waals surface area contributed by atoms with Gasteiger partial charge < -0.3 is 10.2 Å². The Labute approximate surface area is 134 Å². The molecular weight excluding hydrogens is 328 g/mol. The third-order valence-corrected chi connectivity index (χ3v) is 3.90. The van der Waals surface area contributed by atoms with Gasteiger partial charge in [0.15, 0.2) is 0 Å². The molecule has 0 aliphatic heterocycles. The predicted molar refractivity (Wildman–Crippen MR) is 89.3 cm³/mol. The number of hydrogen-bond acceptors (Lipinski definition) is 2. The molecular formula is C17H19BrN2O. The second kappa shape index (κ2) is 7.38. The van der Waals surface area contributed by atoms with E-state index in [0.717, 1.165) is 4.47 Å². The zero-order chi connectivity index (χ0) is 15.2. The Morgan fingerprint density at radius 1 is 1.10 bits per heavy atom. The first-order chi connectivity index (χ1) is 10.1. The smallest absolute Gasteiger partial charge is 0.251 e.